The van der Waals surface area contributed by atoms with Crippen molar-refractivity contribution in [2.45, 2.75) is 26.4 Å². The van der Waals surface area contributed by atoms with Gasteiger partial charge >= 0.3 is 0 Å². The van der Waals surface area contributed by atoms with E-state index in [1.807, 2.05) is 32.3 Å². The van der Waals surface area contributed by atoms with Crippen LogP contribution in [0.5, 0.6) is 0 Å². The lowest BCUT2D eigenvalue weighted by atomic mass is 10.2. The number of aryl methyl sites for hydroxylation is 1. The van der Waals surface area contributed by atoms with E-state index >= 15 is 0 Å². The molecule has 0 aliphatic rings. The molecule has 0 saturated heterocycles. The Labute approximate surface area is 126 Å². The zero-order chi connectivity index (χ0) is 14.5. The van der Waals surface area contributed by atoms with Crippen LogP contribution in [-0.2, 0) is 13.1 Å². The van der Waals surface area contributed by atoms with Gasteiger partial charge in [0.2, 0.25) is 0 Å². The number of halogens is 1. The molecule has 0 unspecified atom stereocenters. The number of hydrogen-bond acceptors (Lipinski definition) is 2. The van der Waals surface area contributed by atoms with Gasteiger partial charge in [-0.1, -0.05) is 18.5 Å². The Morgan fingerprint density at radius 1 is 1.25 bits per heavy atom. The fourth-order valence-corrected chi connectivity index (χ4v) is 2.47. The minimum atomic E-state index is 0.752. The molecule has 3 nitrogen and oxygen atoms in total. The molecule has 0 saturated carbocycles. The summed E-state index contributed by atoms with van der Waals surface area (Å²) >= 11 is 6.10. The molecule has 0 fully saturated rings. The number of aromatic nitrogens is 1. The first kappa shape index (κ1) is 14.8. The van der Waals surface area contributed by atoms with E-state index < -0.39 is 0 Å². The third-order valence-electron chi connectivity index (χ3n) is 3.29. The Kier molecular flexibility index (Phi) is 4.96. The van der Waals surface area contributed by atoms with E-state index in [-0.39, 0.29) is 0 Å². The van der Waals surface area contributed by atoms with Crippen LogP contribution < -0.4 is 10.2 Å². The van der Waals surface area contributed by atoms with Gasteiger partial charge in [0, 0.05) is 37.6 Å². The monoisotopic (exact) mass is 291 g/mol. The molecule has 20 heavy (non-hydrogen) atoms. The normalized spacial score (nSPS) is 10.6. The average molecular weight is 292 g/mol. The van der Waals surface area contributed by atoms with E-state index in [1.54, 1.807) is 0 Å². The first-order valence-corrected chi connectivity index (χ1v) is 7.34. The SMILES string of the molecule is CCCn1cccc1CNc1cc(Cl)ccc1N(C)C. The lowest BCUT2D eigenvalue weighted by Gasteiger charge is -2.19. The van der Waals surface area contributed by atoms with Crippen LogP contribution in [0, 0.1) is 0 Å². The molecule has 0 atom stereocenters. The molecule has 0 bridgehead atoms. The first-order valence-electron chi connectivity index (χ1n) is 6.96. The van der Waals surface area contributed by atoms with E-state index in [4.69, 9.17) is 11.6 Å². The molecule has 2 aromatic rings. The zero-order valence-corrected chi connectivity index (χ0v) is 13.1. The second-order valence-electron chi connectivity index (χ2n) is 5.10. The Hall–Kier alpha value is -1.61. The quantitative estimate of drug-likeness (QED) is 0.859. The number of rotatable bonds is 6. The minimum Gasteiger partial charge on any atom is -0.378 e. The third-order valence-corrected chi connectivity index (χ3v) is 3.52. The average Bonchev–Trinajstić information content (AvgIpc) is 2.84. The van der Waals surface area contributed by atoms with Crippen molar-refractivity contribution >= 4 is 23.0 Å². The van der Waals surface area contributed by atoms with E-state index in [1.165, 1.54) is 5.69 Å². The maximum atomic E-state index is 6.10. The molecule has 108 valence electrons. The maximum absolute atomic E-state index is 6.10. The molecule has 0 radical (unpaired) electrons. The Bertz CT molecular complexity index is 561. The van der Waals surface area contributed by atoms with Crippen LogP contribution >= 0.6 is 11.6 Å². The van der Waals surface area contributed by atoms with Crippen LogP contribution in [0.1, 0.15) is 19.0 Å². The van der Waals surface area contributed by atoms with Crippen molar-refractivity contribution in [3.05, 3.63) is 47.2 Å². The number of benzene rings is 1. The second kappa shape index (κ2) is 6.71. The number of nitrogens with one attached hydrogen (secondary N) is 1. The van der Waals surface area contributed by atoms with Gasteiger partial charge in [-0.15, -0.1) is 0 Å². The molecule has 2 rings (SSSR count). The van der Waals surface area contributed by atoms with E-state index in [0.717, 1.165) is 35.9 Å². The van der Waals surface area contributed by atoms with Crippen LogP contribution in [0.25, 0.3) is 0 Å². The van der Waals surface area contributed by atoms with Crippen LogP contribution in [0.4, 0.5) is 11.4 Å². The summed E-state index contributed by atoms with van der Waals surface area (Å²) < 4.78 is 2.28. The molecule has 0 aliphatic carbocycles. The summed E-state index contributed by atoms with van der Waals surface area (Å²) in [5, 5.41) is 4.24. The second-order valence-corrected chi connectivity index (χ2v) is 5.54. The lowest BCUT2D eigenvalue weighted by molar-refractivity contribution is 0.654. The minimum absolute atomic E-state index is 0.752. The molecule has 1 N–H and O–H groups in total. The van der Waals surface area contributed by atoms with Gasteiger partial charge in [0.05, 0.1) is 17.9 Å². The number of nitrogens with zero attached hydrogens (tertiary/aromatic N) is 2. The zero-order valence-electron chi connectivity index (χ0n) is 12.4. The van der Waals surface area contributed by atoms with Gasteiger partial charge in [-0.2, -0.15) is 0 Å². The Morgan fingerprint density at radius 2 is 2.05 bits per heavy atom. The fraction of sp³-hybridized carbons (Fsp3) is 0.375. The van der Waals surface area contributed by atoms with Crippen LogP contribution in [0.2, 0.25) is 5.02 Å². The Balaban J connectivity index is 2.14. The van der Waals surface area contributed by atoms with Crippen LogP contribution in [0.3, 0.4) is 0 Å². The van der Waals surface area contributed by atoms with Crippen molar-refractivity contribution in [1.29, 1.82) is 0 Å². The third kappa shape index (κ3) is 3.48. The first-order chi connectivity index (χ1) is 9.61. The van der Waals surface area contributed by atoms with E-state index in [2.05, 4.69) is 40.0 Å². The number of anilines is 2. The van der Waals surface area contributed by atoms with Crippen molar-refractivity contribution in [3.63, 3.8) is 0 Å². The molecular formula is C16H22ClN3. The van der Waals surface area contributed by atoms with Crippen molar-refractivity contribution < 1.29 is 0 Å². The smallest absolute Gasteiger partial charge is 0.0597 e. The molecule has 4 heteroatoms. The van der Waals surface area contributed by atoms with Crippen molar-refractivity contribution in [3.8, 4) is 0 Å². The predicted molar refractivity (Wildman–Crippen MR) is 87.8 cm³/mol. The summed E-state index contributed by atoms with van der Waals surface area (Å²) in [5.74, 6) is 0. The summed E-state index contributed by atoms with van der Waals surface area (Å²) in [6, 6.07) is 10.2. The molecular weight excluding hydrogens is 270 g/mol. The topological polar surface area (TPSA) is 20.2 Å². The van der Waals surface area contributed by atoms with E-state index in [0.29, 0.717) is 0 Å². The summed E-state index contributed by atoms with van der Waals surface area (Å²) in [4.78, 5) is 2.09. The molecule has 0 spiro atoms. The number of hydrogen-bond donors (Lipinski definition) is 1. The largest absolute Gasteiger partial charge is 0.378 e. The van der Waals surface area contributed by atoms with Crippen LogP contribution in [0.15, 0.2) is 36.5 Å². The van der Waals surface area contributed by atoms with Gasteiger partial charge in [0.1, 0.15) is 0 Å². The van der Waals surface area contributed by atoms with Crippen molar-refractivity contribution in [1.82, 2.24) is 4.57 Å². The van der Waals surface area contributed by atoms with Gasteiger partial charge in [-0.05, 0) is 36.8 Å². The van der Waals surface area contributed by atoms with Crippen molar-refractivity contribution in [2.24, 2.45) is 0 Å². The fourth-order valence-electron chi connectivity index (χ4n) is 2.29. The summed E-state index contributed by atoms with van der Waals surface area (Å²) in [7, 11) is 4.07. The summed E-state index contributed by atoms with van der Waals surface area (Å²) in [6.45, 7) is 4.05. The highest BCUT2D eigenvalue weighted by atomic mass is 35.5. The van der Waals surface area contributed by atoms with Gasteiger partial charge in [0.15, 0.2) is 0 Å². The maximum Gasteiger partial charge on any atom is 0.0597 e. The molecule has 0 aliphatic heterocycles. The lowest BCUT2D eigenvalue weighted by Crippen LogP contribution is -2.13. The summed E-state index contributed by atoms with van der Waals surface area (Å²) in [5.41, 5.74) is 3.49. The van der Waals surface area contributed by atoms with Gasteiger partial charge < -0.3 is 14.8 Å². The standard InChI is InChI=1S/C16H22ClN3/c1-4-9-20-10-5-6-14(20)12-18-15-11-13(17)7-8-16(15)19(2)3/h5-8,10-11,18H,4,9,12H2,1-3H3. The highest BCUT2D eigenvalue weighted by Crippen LogP contribution is 2.28. The Morgan fingerprint density at radius 3 is 2.75 bits per heavy atom. The van der Waals surface area contributed by atoms with Gasteiger partial charge in [-0.25, -0.2) is 0 Å². The highest BCUT2D eigenvalue weighted by molar-refractivity contribution is 6.31. The molecule has 1 aromatic heterocycles. The predicted octanol–water partition coefficient (Wildman–Crippen LogP) is 4.23. The highest BCUT2D eigenvalue weighted by Gasteiger charge is 2.06. The summed E-state index contributed by atoms with van der Waals surface area (Å²) in [6.07, 6.45) is 3.27. The van der Waals surface area contributed by atoms with Crippen molar-refractivity contribution in [2.75, 3.05) is 24.3 Å². The molecule has 1 aromatic carbocycles. The molecule has 0 amide bonds. The van der Waals surface area contributed by atoms with Gasteiger partial charge in [-0.3, -0.25) is 0 Å². The van der Waals surface area contributed by atoms with Gasteiger partial charge in [0.25, 0.3) is 0 Å². The van der Waals surface area contributed by atoms with Crippen LogP contribution in [-0.4, -0.2) is 18.7 Å². The molecule has 1 heterocycles. The van der Waals surface area contributed by atoms with E-state index in [9.17, 15) is 0 Å².